The molecule has 0 spiro atoms. The monoisotopic (exact) mass is 301 g/mol. The summed E-state index contributed by atoms with van der Waals surface area (Å²) in [5.74, 6) is 0.917. The van der Waals surface area contributed by atoms with E-state index in [1.165, 1.54) is 5.56 Å². The molecule has 0 bridgehead atoms. The van der Waals surface area contributed by atoms with Gasteiger partial charge >= 0.3 is 0 Å². The van der Waals surface area contributed by atoms with E-state index in [9.17, 15) is 0 Å². The lowest BCUT2D eigenvalue weighted by molar-refractivity contribution is 0.317. The molecule has 2 aromatic heterocycles. The van der Waals surface area contributed by atoms with Crippen LogP contribution in [0.4, 0.5) is 0 Å². The van der Waals surface area contributed by atoms with Crippen molar-refractivity contribution in [1.82, 2.24) is 9.38 Å². The van der Waals surface area contributed by atoms with Crippen molar-refractivity contribution in [1.29, 1.82) is 0 Å². The van der Waals surface area contributed by atoms with Crippen LogP contribution in [0.25, 0.3) is 16.2 Å². The topological polar surface area (TPSA) is 52.5 Å². The summed E-state index contributed by atoms with van der Waals surface area (Å²) < 4.78 is 7.82. The lowest BCUT2D eigenvalue weighted by atomic mass is 10.1. The van der Waals surface area contributed by atoms with E-state index in [1.807, 2.05) is 18.3 Å². The molecule has 0 aliphatic rings. The van der Waals surface area contributed by atoms with E-state index in [0.29, 0.717) is 6.54 Å². The van der Waals surface area contributed by atoms with E-state index in [1.54, 1.807) is 11.3 Å². The van der Waals surface area contributed by atoms with Crippen molar-refractivity contribution in [2.24, 2.45) is 5.73 Å². The molecule has 0 aliphatic heterocycles. The molecule has 2 heterocycles. The third kappa shape index (κ3) is 2.80. The largest absolute Gasteiger partial charge is 0.494 e. The van der Waals surface area contributed by atoms with Gasteiger partial charge in [-0.25, -0.2) is 4.98 Å². The lowest BCUT2D eigenvalue weighted by Crippen LogP contribution is -2.05. The Bertz CT molecular complexity index is 715. The average Bonchev–Trinajstić information content (AvgIpc) is 3.09. The van der Waals surface area contributed by atoms with Crippen LogP contribution in [0.3, 0.4) is 0 Å². The molecular weight excluding hydrogens is 282 g/mol. The Morgan fingerprint density at radius 3 is 2.81 bits per heavy atom. The van der Waals surface area contributed by atoms with Crippen LogP contribution in [0.15, 0.2) is 35.8 Å². The van der Waals surface area contributed by atoms with Gasteiger partial charge < -0.3 is 10.5 Å². The highest BCUT2D eigenvalue weighted by Crippen LogP contribution is 2.28. The molecule has 0 atom stereocenters. The van der Waals surface area contributed by atoms with Crippen molar-refractivity contribution >= 4 is 16.3 Å². The second kappa shape index (κ2) is 6.28. The number of aromatic nitrogens is 2. The van der Waals surface area contributed by atoms with Gasteiger partial charge in [0.2, 0.25) is 0 Å². The number of fused-ring (bicyclic) bond motifs is 1. The van der Waals surface area contributed by atoms with E-state index in [-0.39, 0.29) is 0 Å². The van der Waals surface area contributed by atoms with Crippen LogP contribution in [0.5, 0.6) is 5.75 Å². The Kier molecular flexibility index (Phi) is 4.22. The van der Waals surface area contributed by atoms with Gasteiger partial charge in [-0.3, -0.25) is 4.40 Å². The number of ether oxygens (including phenoxy) is 1. The fraction of sp³-hybridized carbons (Fsp3) is 0.312. The predicted molar refractivity (Wildman–Crippen MR) is 87.0 cm³/mol. The van der Waals surface area contributed by atoms with E-state index in [0.717, 1.165) is 41.5 Å². The summed E-state index contributed by atoms with van der Waals surface area (Å²) in [5.41, 5.74) is 9.18. The highest BCUT2D eigenvalue weighted by molar-refractivity contribution is 7.15. The first kappa shape index (κ1) is 14.1. The third-order valence-electron chi connectivity index (χ3n) is 3.34. The van der Waals surface area contributed by atoms with Crippen molar-refractivity contribution in [2.75, 3.05) is 13.2 Å². The van der Waals surface area contributed by atoms with Crippen molar-refractivity contribution in [3.63, 3.8) is 0 Å². The number of nitrogens with zero attached hydrogens (tertiary/aromatic N) is 2. The minimum atomic E-state index is 0.632. The van der Waals surface area contributed by atoms with Crippen LogP contribution in [0.2, 0.25) is 0 Å². The molecule has 1 aromatic carbocycles. The summed E-state index contributed by atoms with van der Waals surface area (Å²) in [7, 11) is 0. The van der Waals surface area contributed by atoms with Crippen LogP contribution in [0.1, 0.15) is 19.0 Å². The molecule has 2 N–H and O–H groups in total. The quantitative estimate of drug-likeness (QED) is 0.759. The lowest BCUT2D eigenvalue weighted by Gasteiger charge is -2.07. The molecule has 110 valence electrons. The Morgan fingerprint density at radius 1 is 1.29 bits per heavy atom. The van der Waals surface area contributed by atoms with Gasteiger partial charge in [0.05, 0.1) is 18.5 Å². The standard InChI is InChI=1S/C16H19N3OS/c1-2-9-20-14-5-3-12(4-6-14)15-11-21-16-18-10-13(7-8-17)19(15)16/h3-6,10-11H,2,7-9,17H2,1H3. The zero-order valence-corrected chi connectivity index (χ0v) is 12.9. The second-order valence-electron chi connectivity index (χ2n) is 4.90. The molecule has 0 saturated carbocycles. The second-order valence-corrected chi connectivity index (χ2v) is 5.74. The van der Waals surface area contributed by atoms with E-state index in [2.05, 4.69) is 33.8 Å². The molecule has 3 rings (SSSR count). The molecule has 5 heteroatoms. The molecule has 0 radical (unpaired) electrons. The number of benzene rings is 1. The first-order valence-electron chi connectivity index (χ1n) is 7.20. The smallest absolute Gasteiger partial charge is 0.194 e. The van der Waals surface area contributed by atoms with Crippen molar-refractivity contribution in [2.45, 2.75) is 19.8 Å². The van der Waals surface area contributed by atoms with Gasteiger partial charge in [0.15, 0.2) is 4.96 Å². The van der Waals surface area contributed by atoms with Gasteiger partial charge in [0.1, 0.15) is 5.75 Å². The minimum absolute atomic E-state index is 0.632. The van der Waals surface area contributed by atoms with E-state index >= 15 is 0 Å². The van der Waals surface area contributed by atoms with Gasteiger partial charge in [-0.15, -0.1) is 11.3 Å². The van der Waals surface area contributed by atoms with Crippen LogP contribution < -0.4 is 10.5 Å². The Hall–Kier alpha value is -1.85. The van der Waals surface area contributed by atoms with Crippen LogP contribution in [-0.2, 0) is 6.42 Å². The fourth-order valence-corrected chi connectivity index (χ4v) is 3.23. The van der Waals surface area contributed by atoms with Gasteiger partial charge in [-0.1, -0.05) is 6.92 Å². The normalized spacial score (nSPS) is 11.1. The Balaban J connectivity index is 1.94. The van der Waals surface area contributed by atoms with Crippen molar-refractivity contribution in [3.05, 3.63) is 41.5 Å². The van der Waals surface area contributed by atoms with E-state index < -0.39 is 0 Å². The number of thiazole rings is 1. The maximum absolute atomic E-state index is 5.68. The molecular formula is C16H19N3OS. The molecule has 0 unspecified atom stereocenters. The van der Waals surface area contributed by atoms with Crippen molar-refractivity contribution in [3.8, 4) is 17.0 Å². The van der Waals surface area contributed by atoms with Crippen LogP contribution in [0, 0.1) is 0 Å². The highest BCUT2D eigenvalue weighted by atomic mass is 32.1. The molecule has 0 amide bonds. The Labute approximate surface area is 128 Å². The summed E-state index contributed by atoms with van der Waals surface area (Å²) >= 11 is 1.65. The highest BCUT2D eigenvalue weighted by Gasteiger charge is 2.11. The molecule has 0 aliphatic carbocycles. The van der Waals surface area contributed by atoms with Crippen molar-refractivity contribution < 1.29 is 4.74 Å². The molecule has 3 aromatic rings. The molecule has 4 nitrogen and oxygen atoms in total. The summed E-state index contributed by atoms with van der Waals surface area (Å²) in [6.07, 6.45) is 3.77. The molecule has 0 saturated heterocycles. The van der Waals surface area contributed by atoms with Gasteiger partial charge in [0, 0.05) is 17.5 Å². The Morgan fingerprint density at radius 2 is 2.10 bits per heavy atom. The zero-order valence-electron chi connectivity index (χ0n) is 12.1. The predicted octanol–water partition coefficient (Wildman–Crippen LogP) is 3.35. The molecule has 21 heavy (non-hydrogen) atoms. The van der Waals surface area contributed by atoms with Crippen LogP contribution in [-0.4, -0.2) is 22.5 Å². The SMILES string of the molecule is CCCOc1ccc(-c2csc3ncc(CCN)n23)cc1. The van der Waals surface area contributed by atoms with Gasteiger partial charge in [-0.05, 0) is 42.8 Å². The first-order valence-corrected chi connectivity index (χ1v) is 8.08. The number of nitrogens with two attached hydrogens (primary N) is 1. The maximum atomic E-state index is 5.68. The van der Waals surface area contributed by atoms with Gasteiger partial charge in [-0.2, -0.15) is 0 Å². The molecule has 0 fully saturated rings. The third-order valence-corrected chi connectivity index (χ3v) is 4.18. The minimum Gasteiger partial charge on any atom is -0.494 e. The van der Waals surface area contributed by atoms with Crippen LogP contribution >= 0.6 is 11.3 Å². The summed E-state index contributed by atoms with van der Waals surface area (Å²) in [6, 6.07) is 8.24. The number of rotatable bonds is 6. The van der Waals surface area contributed by atoms with E-state index in [4.69, 9.17) is 10.5 Å². The number of hydrogen-bond donors (Lipinski definition) is 1. The number of hydrogen-bond acceptors (Lipinski definition) is 4. The zero-order chi connectivity index (χ0) is 14.7. The fourth-order valence-electron chi connectivity index (χ4n) is 2.33. The van der Waals surface area contributed by atoms with Gasteiger partial charge in [0.25, 0.3) is 0 Å². The summed E-state index contributed by atoms with van der Waals surface area (Å²) in [4.78, 5) is 5.46. The first-order chi connectivity index (χ1) is 10.3. The summed E-state index contributed by atoms with van der Waals surface area (Å²) in [5, 5.41) is 2.14. The summed E-state index contributed by atoms with van der Waals surface area (Å²) in [6.45, 7) is 3.49. The number of imidazole rings is 1. The average molecular weight is 301 g/mol. The maximum Gasteiger partial charge on any atom is 0.194 e.